The predicted molar refractivity (Wildman–Crippen MR) is 94.4 cm³/mol. The second-order valence-electron chi connectivity index (χ2n) is 7.16. The third kappa shape index (κ3) is 4.14. The molecular weight excluding hydrogens is 308 g/mol. The summed E-state index contributed by atoms with van der Waals surface area (Å²) in [6, 6.07) is 6.66. The Hall–Kier alpha value is -0.910. The van der Waals surface area contributed by atoms with Crippen LogP contribution in [0.3, 0.4) is 0 Å². The second kappa shape index (κ2) is 6.91. The highest BCUT2D eigenvalue weighted by molar-refractivity contribution is 7.91. The standard InChI is InChI=1S/C18H28N2O2S/c1-14-6-7-16(15(2)10-14)11-19-17-12-23(21,22)13-18(17)20-8-4-3-5-9-20/h6-7,10,17-19H,3-5,8-9,11-13H2,1-2H3/t17-,18+/m0/s1. The molecule has 2 fully saturated rings. The first kappa shape index (κ1) is 16.9. The number of piperidine rings is 1. The van der Waals surface area contributed by atoms with Crippen molar-refractivity contribution >= 4 is 9.84 Å². The zero-order valence-electron chi connectivity index (χ0n) is 14.2. The van der Waals surface area contributed by atoms with Crippen molar-refractivity contribution < 1.29 is 8.42 Å². The lowest BCUT2D eigenvalue weighted by Gasteiger charge is -2.35. The Balaban J connectivity index is 1.68. The van der Waals surface area contributed by atoms with Gasteiger partial charge in [-0.05, 0) is 50.9 Å². The SMILES string of the molecule is Cc1ccc(CN[C@H]2CS(=O)(=O)C[C@H]2N2CCCCC2)c(C)c1. The van der Waals surface area contributed by atoms with E-state index < -0.39 is 9.84 Å². The van der Waals surface area contributed by atoms with Crippen molar-refractivity contribution in [3.63, 3.8) is 0 Å². The van der Waals surface area contributed by atoms with Crippen LogP contribution in [0.5, 0.6) is 0 Å². The number of nitrogens with one attached hydrogen (secondary N) is 1. The average Bonchev–Trinajstić information content (AvgIpc) is 2.82. The molecule has 4 nitrogen and oxygen atoms in total. The van der Waals surface area contributed by atoms with E-state index in [1.165, 1.54) is 36.0 Å². The molecule has 1 aromatic carbocycles. The van der Waals surface area contributed by atoms with E-state index in [1.54, 1.807) is 0 Å². The molecule has 2 aliphatic heterocycles. The van der Waals surface area contributed by atoms with Gasteiger partial charge in [0.05, 0.1) is 11.5 Å². The molecule has 128 valence electrons. The van der Waals surface area contributed by atoms with E-state index in [0.717, 1.165) is 19.6 Å². The number of hydrogen-bond acceptors (Lipinski definition) is 4. The van der Waals surface area contributed by atoms with Crippen LogP contribution in [-0.4, -0.2) is 50.0 Å². The lowest BCUT2D eigenvalue weighted by molar-refractivity contribution is 0.155. The summed E-state index contributed by atoms with van der Waals surface area (Å²) in [4.78, 5) is 2.40. The van der Waals surface area contributed by atoms with Crippen LogP contribution in [0.1, 0.15) is 36.0 Å². The van der Waals surface area contributed by atoms with Gasteiger partial charge in [0.15, 0.2) is 9.84 Å². The lowest BCUT2D eigenvalue weighted by atomic mass is 10.0. The summed E-state index contributed by atoms with van der Waals surface area (Å²) < 4.78 is 24.3. The molecule has 0 amide bonds. The molecule has 3 rings (SSSR count). The Morgan fingerprint density at radius 1 is 1.13 bits per heavy atom. The van der Waals surface area contributed by atoms with Crippen molar-refractivity contribution in [3.05, 3.63) is 34.9 Å². The summed E-state index contributed by atoms with van der Waals surface area (Å²) in [6.07, 6.45) is 3.66. The van der Waals surface area contributed by atoms with E-state index in [4.69, 9.17) is 0 Å². The monoisotopic (exact) mass is 336 g/mol. The third-order valence-electron chi connectivity index (χ3n) is 5.24. The van der Waals surface area contributed by atoms with Gasteiger partial charge in [-0.2, -0.15) is 0 Å². The highest BCUT2D eigenvalue weighted by Gasteiger charge is 2.40. The van der Waals surface area contributed by atoms with Crippen molar-refractivity contribution in [2.45, 2.75) is 51.7 Å². The van der Waals surface area contributed by atoms with E-state index >= 15 is 0 Å². The number of aryl methyl sites for hydroxylation is 2. The number of rotatable bonds is 4. The zero-order chi connectivity index (χ0) is 16.4. The largest absolute Gasteiger partial charge is 0.307 e. The van der Waals surface area contributed by atoms with Crippen LogP contribution < -0.4 is 5.32 Å². The second-order valence-corrected chi connectivity index (χ2v) is 9.31. The van der Waals surface area contributed by atoms with Gasteiger partial charge in [-0.1, -0.05) is 30.2 Å². The van der Waals surface area contributed by atoms with E-state index in [9.17, 15) is 8.42 Å². The molecule has 0 saturated carbocycles. The van der Waals surface area contributed by atoms with Crippen molar-refractivity contribution in [3.8, 4) is 0 Å². The maximum atomic E-state index is 12.2. The van der Waals surface area contributed by atoms with Crippen LogP contribution >= 0.6 is 0 Å². The smallest absolute Gasteiger partial charge is 0.153 e. The quantitative estimate of drug-likeness (QED) is 0.914. The van der Waals surface area contributed by atoms with Gasteiger partial charge in [0.2, 0.25) is 0 Å². The van der Waals surface area contributed by atoms with Gasteiger partial charge >= 0.3 is 0 Å². The first-order valence-electron chi connectivity index (χ1n) is 8.68. The van der Waals surface area contributed by atoms with E-state index in [1.807, 2.05) is 0 Å². The molecule has 5 heteroatoms. The van der Waals surface area contributed by atoms with Crippen LogP contribution in [0.25, 0.3) is 0 Å². The van der Waals surface area contributed by atoms with E-state index in [-0.39, 0.29) is 17.8 Å². The molecular formula is C18H28N2O2S. The van der Waals surface area contributed by atoms with E-state index in [0.29, 0.717) is 5.75 Å². The minimum absolute atomic E-state index is 0.0544. The molecule has 2 heterocycles. The molecule has 0 bridgehead atoms. The maximum Gasteiger partial charge on any atom is 0.153 e. The molecule has 0 aliphatic carbocycles. The number of benzene rings is 1. The Labute approximate surface area is 140 Å². The van der Waals surface area contributed by atoms with Gasteiger partial charge in [-0.3, -0.25) is 4.90 Å². The first-order chi connectivity index (χ1) is 10.9. The predicted octanol–water partition coefficient (Wildman–Crippen LogP) is 2.04. The van der Waals surface area contributed by atoms with Crippen molar-refractivity contribution in [1.29, 1.82) is 0 Å². The molecule has 23 heavy (non-hydrogen) atoms. The summed E-state index contributed by atoms with van der Waals surface area (Å²) in [5, 5.41) is 3.54. The van der Waals surface area contributed by atoms with Crippen molar-refractivity contribution in [1.82, 2.24) is 10.2 Å². The molecule has 0 spiro atoms. The Morgan fingerprint density at radius 2 is 1.87 bits per heavy atom. The molecule has 2 aliphatic rings. The fraction of sp³-hybridized carbons (Fsp3) is 0.667. The highest BCUT2D eigenvalue weighted by atomic mass is 32.2. The zero-order valence-corrected chi connectivity index (χ0v) is 15.0. The van der Waals surface area contributed by atoms with Crippen LogP contribution in [-0.2, 0) is 16.4 Å². The lowest BCUT2D eigenvalue weighted by Crippen LogP contribution is -2.50. The van der Waals surface area contributed by atoms with Crippen LogP contribution in [0.15, 0.2) is 18.2 Å². The maximum absolute atomic E-state index is 12.2. The van der Waals surface area contributed by atoms with Gasteiger partial charge in [0, 0.05) is 18.6 Å². The minimum atomic E-state index is -2.92. The number of likely N-dealkylation sites (tertiary alicyclic amines) is 1. The van der Waals surface area contributed by atoms with Crippen molar-refractivity contribution in [2.75, 3.05) is 24.6 Å². The average molecular weight is 337 g/mol. The Bertz CT molecular complexity index is 651. The van der Waals surface area contributed by atoms with Gasteiger partial charge < -0.3 is 5.32 Å². The topological polar surface area (TPSA) is 49.4 Å². The summed E-state index contributed by atoms with van der Waals surface area (Å²) >= 11 is 0. The molecule has 1 aromatic rings. The molecule has 0 unspecified atom stereocenters. The summed E-state index contributed by atoms with van der Waals surface area (Å²) in [5.74, 6) is 0.594. The Kier molecular flexibility index (Phi) is 5.09. The summed E-state index contributed by atoms with van der Waals surface area (Å²) in [5.41, 5.74) is 3.80. The van der Waals surface area contributed by atoms with Crippen LogP contribution in [0.2, 0.25) is 0 Å². The van der Waals surface area contributed by atoms with Gasteiger partial charge in [0.1, 0.15) is 0 Å². The van der Waals surface area contributed by atoms with Gasteiger partial charge in [0.25, 0.3) is 0 Å². The van der Waals surface area contributed by atoms with Gasteiger partial charge in [-0.15, -0.1) is 0 Å². The van der Waals surface area contributed by atoms with Gasteiger partial charge in [-0.25, -0.2) is 8.42 Å². The fourth-order valence-corrected chi connectivity index (χ4v) is 5.91. The molecule has 0 radical (unpaired) electrons. The normalized spacial score (nSPS) is 28.1. The first-order valence-corrected chi connectivity index (χ1v) is 10.5. The van der Waals surface area contributed by atoms with Crippen LogP contribution in [0, 0.1) is 13.8 Å². The molecule has 2 atom stereocenters. The highest BCUT2D eigenvalue weighted by Crippen LogP contribution is 2.23. The number of nitrogens with zero attached hydrogens (tertiary/aromatic N) is 1. The molecule has 0 aromatic heterocycles. The molecule has 1 N–H and O–H groups in total. The third-order valence-corrected chi connectivity index (χ3v) is 6.95. The summed E-state index contributed by atoms with van der Waals surface area (Å²) in [6.45, 7) is 7.05. The van der Waals surface area contributed by atoms with Crippen LogP contribution in [0.4, 0.5) is 0 Å². The van der Waals surface area contributed by atoms with Crippen molar-refractivity contribution in [2.24, 2.45) is 0 Å². The fourth-order valence-electron chi connectivity index (χ4n) is 3.92. The number of hydrogen-bond donors (Lipinski definition) is 1. The minimum Gasteiger partial charge on any atom is -0.307 e. The summed E-state index contributed by atoms with van der Waals surface area (Å²) in [7, 11) is -2.92. The molecule has 2 saturated heterocycles. The Morgan fingerprint density at radius 3 is 2.57 bits per heavy atom. The van der Waals surface area contributed by atoms with E-state index in [2.05, 4.69) is 42.3 Å². The number of sulfone groups is 1.